The Morgan fingerprint density at radius 3 is 1.37 bits per heavy atom. The van der Waals surface area contributed by atoms with Gasteiger partial charge in [-0.1, -0.05) is 173 Å². The average molecular weight is 875 g/mol. The number of H-pyrrole nitrogens is 1. The van der Waals surface area contributed by atoms with Crippen LogP contribution in [-0.2, 0) is 12.8 Å². The summed E-state index contributed by atoms with van der Waals surface area (Å²) in [5.41, 5.74) is 20.2. The minimum Gasteiger partial charge on any atom is -0.508 e. The molecule has 0 spiro atoms. The van der Waals surface area contributed by atoms with Gasteiger partial charge in [0.1, 0.15) is 11.5 Å². The maximum atomic E-state index is 10.7. The molecule has 4 aromatic rings. The van der Waals surface area contributed by atoms with Gasteiger partial charge in [0.2, 0.25) is 0 Å². The van der Waals surface area contributed by atoms with Crippen LogP contribution in [0.2, 0.25) is 0 Å². The van der Waals surface area contributed by atoms with Gasteiger partial charge in [0.05, 0.1) is 22.8 Å². The van der Waals surface area contributed by atoms with Crippen LogP contribution < -0.4 is 5.73 Å². The molecular weight excluding hydrogens is 797 g/mol. The second-order valence-electron chi connectivity index (χ2n) is 18.6. The molecule has 6 bridgehead atoms. The second-order valence-corrected chi connectivity index (χ2v) is 18.6. The smallest absolute Gasteiger partial charge is 0.116 e. The largest absolute Gasteiger partial charge is 0.508 e. The highest BCUT2D eigenvalue weighted by Crippen LogP contribution is 2.35. The highest BCUT2D eigenvalue weighted by molar-refractivity contribution is 5.92. The molecule has 6 rings (SSSR count). The van der Waals surface area contributed by atoms with Gasteiger partial charge in [-0.2, -0.15) is 0 Å². The van der Waals surface area contributed by atoms with E-state index in [2.05, 4.69) is 68.3 Å². The van der Waals surface area contributed by atoms with Crippen molar-refractivity contribution in [3.8, 4) is 33.8 Å². The Hall–Kier alpha value is -5.36. The second kappa shape index (κ2) is 26.6. The van der Waals surface area contributed by atoms with Crippen LogP contribution >= 0.6 is 0 Å². The van der Waals surface area contributed by atoms with Gasteiger partial charge in [-0.05, 0) is 116 Å². The van der Waals surface area contributed by atoms with E-state index in [0.29, 0.717) is 5.69 Å². The fourth-order valence-corrected chi connectivity index (χ4v) is 9.55. The fourth-order valence-electron chi connectivity index (χ4n) is 9.55. The normalized spacial score (nSPS) is 11.9. The number of nitrogens with two attached hydrogens (primary N) is 1. The monoisotopic (exact) mass is 875 g/mol. The summed E-state index contributed by atoms with van der Waals surface area (Å²) in [6.07, 6.45) is 38.5. The SMILES string of the molecule is CCCCCCCCCCCCCc1c(N)ccc(C)c(-c2cccc(O)c2)c2nc(c(CCCCCCCCCCCCC)c3ccc([nH]3)c(-c3cccc(O)c3)c3nc1C=C3)C=C2. The molecule has 0 unspecified atom stereocenters. The highest BCUT2D eigenvalue weighted by atomic mass is 16.3. The van der Waals surface area contributed by atoms with Crippen molar-refractivity contribution in [2.24, 2.45) is 0 Å². The molecule has 2 aromatic carbocycles. The van der Waals surface area contributed by atoms with Crippen LogP contribution in [-0.4, -0.2) is 25.2 Å². The molecular formula is C59H78N4O2. The summed E-state index contributed by atoms with van der Waals surface area (Å²) in [5, 5.41) is 21.4. The number of benzene rings is 2. The van der Waals surface area contributed by atoms with Gasteiger partial charge in [-0.25, -0.2) is 9.97 Å². The molecule has 0 atom stereocenters. The Morgan fingerprint density at radius 1 is 0.446 bits per heavy atom. The van der Waals surface area contributed by atoms with Crippen LogP contribution in [0.5, 0.6) is 11.5 Å². The lowest BCUT2D eigenvalue weighted by Gasteiger charge is -2.08. The summed E-state index contributed by atoms with van der Waals surface area (Å²) < 4.78 is 0. The van der Waals surface area contributed by atoms with Crippen molar-refractivity contribution in [2.75, 3.05) is 5.73 Å². The van der Waals surface area contributed by atoms with Gasteiger partial charge in [0.15, 0.2) is 0 Å². The molecule has 0 amide bonds. The zero-order chi connectivity index (χ0) is 45.6. The van der Waals surface area contributed by atoms with Crippen LogP contribution in [0.1, 0.15) is 195 Å². The lowest BCUT2D eigenvalue weighted by atomic mass is 9.99. The van der Waals surface area contributed by atoms with Crippen LogP contribution in [0, 0.1) is 6.92 Å². The number of nitrogens with zero attached hydrogens (tertiary/aromatic N) is 2. The van der Waals surface area contributed by atoms with E-state index in [-0.39, 0.29) is 11.5 Å². The summed E-state index contributed by atoms with van der Waals surface area (Å²) in [6, 6.07) is 23.4. The number of aromatic amines is 1. The average Bonchev–Trinajstić information content (AvgIpc) is 4.10. The Balaban J connectivity index is 1.41. The summed E-state index contributed by atoms with van der Waals surface area (Å²) in [6.45, 7) is 6.67. The van der Waals surface area contributed by atoms with E-state index in [9.17, 15) is 10.2 Å². The molecule has 5 N–H and O–H groups in total. The number of aromatic nitrogens is 3. The standard InChI is InChI=1S/C59H78N4O2/c1-4-6-8-10-12-14-16-18-20-22-24-32-49-51(60)35-34-44(3)58(45-28-26-30-47(64)42-45)55-39-37-53(62-55)50(33-25-23-21-19-17-15-13-11-9-7-5-2)54-38-41-57(63-54)59(56-40-36-52(49)61-56)46-29-27-31-48(65)43-46/h26-31,34-43,63-65H,4-25,32-33,60H2,1-3H3. The minimum atomic E-state index is 0.214. The predicted octanol–water partition coefficient (Wildman–Crippen LogP) is 17.1. The van der Waals surface area contributed by atoms with E-state index >= 15 is 0 Å². The van der Waals surface area contributed by atoms with Crippen molar-refractivity contribution < 1.29 is 10.2 Å². The number of phenols is 2. The number of hydrogen-bond acceptors (Lipinski definition) is 5. The van der Waals surface area contributed by atoms with Crippen molar-refractivity contribution in [1.29, 1.82) is 0 Å². The number of nitrogens with one attached hydrogen (secondary N) is 1. The molecule has 0 fully saturated rings. The van der Waals surface area contributed by atoms with Crippen LogP contribution in [0.25, 0.3) is 57.6 Å². The molecule has 6 heteroatoms. The van der Waals surface area contributed by atoms with Crippen molar-refractivity contribution >= 4 is 41.0 Å². The number of aromatic hydroxyl groups is 2. The summed E-state index contributed by atoms with van der Waals surface area (Å²) >= 11 is 0. The number of anilines is 1. The molecule has 65 heavy (non-hydrogen) atoms. The Morgan fingerprint density at radius 2 is 0.862 bits per heavy atom. The number of aryl methyl sites for hydroxylation is 2. The molecule has 0 saturated carbocycles. The van der Waals surface area contributed by atoms with Crippen LogP contribution in [0.15, 0.2) is 72.8 Å². The number of nitrogen functional groups attached to an aromatic ring is 1. The quantitative estimate of drug-likeness (QED) is 0.0406. The zero-order valence-corrected chi connectivity index (χ0v) is 40.1. The zero-order valence-electron chi connectivity index (χ0n) is 40.1. The van der Waals surface area contributed by atoms with E-state index in [1.165, 1.54) is 128 Å². The molecule has 2 aliphatic rings. The summed E-state index contributed by atoms with van der Waals surface area (Å²) in [7, 11) is 0. The predicted molar refractivity (Wildman–Crippen MR) is 279 cm³/mol. The number of fused-ring (bicyclic) bond motifs is 6. The number of hydrogen-bond donors (Lipinski definition) is 4. The van der Waals surface area contributed by atoms with Gasteiger partial charge in [0, 0.05) is 39.0 Å². The molecule has 0 saturated heterocycles. The lowest BCUT2D eigenvalue weighted by Crippen LogP contribution is -1.97. The first-order valence-electron chi connectivity index (χ1n) is 25.5. The highest BCUT2D eigenvalue weighted by Gasteiger charge is 2.17. The maximum absolute atomic E-state index is 10.7. The Bertz CT molecular complexity index is 2390. The molecule has 0 aliphatic carbocycles. The minimum absolute atomic E-state index is 0.214. The van der Waals surface area contributed by atoms with Crippen LogP contribution in [0.3, 0.4) is 0 Å². The van der Waals surface area contributed by atoms with Gasteiger partial charge in [0.25, 0.3) is 0 Å². The Kier molecular flexibility index (Phi) is 20.1. The third-order valence-electron chi connectivity index (χ3n) is 13.3. The first-order valence-corrected chi connectivity index (χ1v) is 25.5. The third kappa shape index (κ3) is 14.8. The van der Waals surface area contributed by atoms with Gasteiger partial charge >= 0.3 is 0 Å². The van der Waals surface area contributed by atoms with Crippen LogP contribution in [0.4, 0.5) is 5.69 Å². The molecule has 346 valence electrons. The molecule has 2 aliphatic heterocycles. The third-order valence-corrected chi connectivity index (χ3v) is 13.3. The van der Waals surface area contributed by atoms with E-state index in [0.717, 1.165) is 99.3 Å². The van der Waals surface area contributed by atoms with Crippen molar-refractivity contribution in [2.45, 2.75) is 175 Å². The number of unbranched alkanes of at least 4 members (excludes halogenated alkanes) is 20. The maximum Gasteiger partial charge on any atom is 0.116 e. The van der Waals surface area contributed by atoms with Crippen molar-refractivity contribution in [1.82, 2.24) is 15.0 Å². The lowest BCUT2D eigenvalue weighted by molar-refractivity contribution is 0.475. The van der Waals surface area contributed by atoms with E-state index < -0.39 is 0 Å². The number of rotatable bonds is 26. The fraction of sp³-hybridized carbons (Fsp3) is 0.458. The van der Waals surface area contributed by atoms with Gasteiger partial charge in [-0.3, -0.25) is 0 Å². The van der Waals surface area contributed by atoms with Gasteiger partial charge in [-0.15, -0.1) is 0 Å². The molecule has 6 nitrogen and oxygen atoms in total. The van der Waals surface area contributed by atoms with E-state index in [1.807, 2.05) is 42.5 Å². The van der Waals surface area contributed by atoms with E-state index in [4.69, 9.17) is 15.7 Å². The Labute approximate surface area is 391 Å². The van der Waals surface area contributed by atoms with Crippen molar-refractivity contribution in [3.63, 3.8) is 0 Å². The topological polar surface area (TPSA) is 108 Å². The first-order chi connectivity index (χ1) is 31.9. The number of phenolic OH excluding ortho intramolecular Hbond substituents is 2. The molecule has 4 heterocycles. The molecule has 0 radical (unpaired) electrons. The molecule has 2 aromatic heterocycles. The first kappa shape index (κ1) is 49.1. The van der Waals surface area contributed by atoms with Crippen molar-refractivity contribution in [3.05, 3.63) is 112 Å². The summed E-state index contributed by atoms with van der Waals surface area (Å²) in [4.78, 5) is 14.6. The summed E-state index contributed by atoms with van der Waals surface area (Å²) in [5.74, 6) is 0.432. The van der Waals surface area contributed by atoms with Gasteiger partial charge < -0.3 is 20.9 Å². The van der Waals surface area contributed by atoms with E-state index in [1.54, 1.807) is 12.1 Å².